The molecule has 96 valence electrons. The van der Waals surface area contributed by atoms with E-state index in [1.54, 1.807) is 0 Å². The fourth-order valence-electron chi connectivity index (χ4n) is 0.783. The maximum Gasteiger partial charge on any atom is 0.331 e. The lowest BCUT2D eigenvalue weighted by Gasteiger charge is -2.15. The van der Waals surface area contributed by atoms with Crippen LogP contribution in [0.25, 0.3) is 0 Å². The molecule has 17 heavy (non-hydrogen) atoms. The van der Waals surface area contributed by atoms with Crippen molar-refractivity contribution in [2.45, 2.75) is 6.10 Å². The van der Waals surface area contributed by atoms with Crippen LogP contribution in [0.4, 0.5) is 0 Å². The van der Waals surface area contributed by atoms with Gasteiger partial charge in [0.15, 0.2) is 6.10 Å². The third kappa shape index (κ3) is 6.31. The minimum Gasteiger partial charge on any atom is -0.466 e. The summed E-state index contributed by atoms with van der Waals surface area (Å²) in [5, 5.41) is 9.28. The minimum absolute atomic E-state index is 0.471. The number of nitrogens with zero attached hydrogens (tertiary/aromatic N) is 1. The number of methoxy groups -OCH3 is 1. The van der Waals surface area contributed by atoms with E-state index in [4.69, 9.17) is 0 Å². The summed E-state index contributed by atoms with van der Waals surface area (Å²) >= 11 is 0. The number of aliphatic hydroxyl groups excluding tert-OH is 1. The normalized spacial score (nSPS) is 12.0. The fourth-order valence-corrected chi connectivity index (χ4v) is 0.783. The standard InChI is InChI=1S/C10H15NO6/c1-11(2)10(15)7(12)6-17-9(14)5-4-8(13)16-3/h4-5,7,12H,6H2,1-3H3/b5-4+. The highest BCUT2D eigenvalue weighted by atomic mass is 16.5. The molecular weight excluding hydrogens is 230 g/mol. The van der Waals surface area contributed by atoms with Gasteiger partial charge in [0.2, 0.25) is 0 Å². The van der Waals surface area contributed by atoms with Crippen LogP contribution >= 0.6 is 0 Å². The van der Waals surface area contributed by atoms with Crippen LogP contribution in [-0.4, -0.2) is 61.8 Å². The SMILES string of the molecule is COC(=O)/C=C/C(=O)OCC(O)C(=O)N(C)C. The zero-order chi connectivity index (χ0) is 13.4. The Morgan fingerprint density at radius 2 is 1.76 bits per heavy atom. The fraction of sp³-hybridized carbons (Fsp3) is 0.500. The highest BCUT2D eigenvalue weighted by Gasteiger charge is 2.18. The topological polar surface area (TPSA) is 93.1 Å². The summed E-state index contributed by atoms with van der Waals surface area (Å²) in [6.07, 6.45) is 0.307. The van der Waals surface area contributed by atoms with Gasteiger partial charge in [-0.1, -0.05) is 0 Å². The maximum absolute atomic E-state index is 11.2. The molecule has 7 heteroatoms. The van der Waals surface area contributed by atoms with E-state index >= 15 is 0 Å². The Kier molecular flexibility index (Phi) is 6.57. The number of esters is 2. The van der Waals surface area contributed by atoms with Gasteiger partial charge in [-0.15, -0.1) is 0 Å². The Bertz CT molecular complexity index is 323. The summed E-state index contributed by atoms with van der Waals surface area (Å²) in [5.74, 6) is -2.12. The van der Waals surface area contributed by atoms with Crippen LogP contribution in [0, 0.1) is 0 Å². The molecule has 0 aromatic carbocycles. The second-order valence-electron chi connectivity index (χ2n) is 3.23. The highest BCUT2D eigenvalue weighted by molar-refractivity contribution is 5.91. The molecule has 0 fully saturated rings. The molecule has 0 saturated heterocycles. The molecule has 0 rings (SSSR count). The van der Waals surface area contributed by atoms with Crippen LogP contribution in [0.15, 0.2) is 12.2 Å². The van der Waals surface area contributed by atoms with Crippen molar-refractivity contribution in [2.24, 2.45) is 0 Å². The van der Waals surface area contributed by atoms with Gasteiger partial charge in [-0.2, -0.15) is 0 Å². The predicted octanol–water partition coefficient (Wildman–Crippen LogP) is -1.29. The Labute approximate surface area is 98.6 Å². The van der Waals surface area contributed by atoms with Gasteiger partial charge in [0.25, 0.3) is 5.91 Å². The molecule has 0 spiro atoms. The summed E-state index contributed by atoms with van der Waals surface area (Å²) in [6.45, 7) is -0.471. The molecule has 1 atom stereocenters. The number of carbonyl (C=O) groups is 3. The average molecular weight is 245 g/mol. The van der Waals surface area contributed by atoms with Gasteiger partial charge in [0, 0.05) is 26.2 Å². The molecule has 0 heterocycles. The second kappa shape index (κ2) is 7.39. The minimum atomic E-state index is -1.42. The molecule has 1 unspecified atom stereocenters. The van der Waals surface area contributed by atoms with E-state index in [0.717, 1.165) is 19.3 Å². The second-order valence-corrected chi connectivity index (χ2v) is 3.23. The van der Waals surface area contributed by atoms with Crippen LogP contribution in [0.2, 0.25) is 0 Å². The Balaban J connectivity index is 4.04. The molecule has 0 aliphatic carbocycles. The highest BCUT2D eigenvalue weighted by Crippen LogP contribution is 1.92. The molecule has 1 amide bonds. The predicted molar refractivity (Wildman–Crippen MR) is 56.8 cm³/mol. The van der Waals surface area contributed by atoms with Crippen LogP contribution in [0.5, 0.6) is 0 Å². The summed E-state index contributed by atoms with van der Waals surface area (Å²) in [5.41, 5.74) is 0. The molecule has 0 bridgehead atoms. The zero-order valence-electron chi connectivity index (χ0n) is 9.87. The molecule has 1 N–H and O–H groups in total. The zero-order valence-corrected chi connectivity index (χ0v) is 9.87. The lowest BCUT2D eigenvalue weighted by atomic mass is 10.3. The average Bonchev–Trinajstić information content (AvgIpc) is 2.31. The third-order valence-corrected chi connectivity index (χ3v) is 1.67. The van der Waals surface area contributed by atoms with E-state index < -0.39 is 30.6 Å². The van der Waals surface area contributed by atoms with Gasteiger partial charge >= 0.3 is 11.9 Å². The molecule has 0 aromatic rings. The number of hydrogen-bond donors (Lipinski definition) is 1. The van der Waals surface area contributed by atoms with Gasteiger partial charge in [0.1, 0.15) is 6.61 Å². The number of amides is 1. The van der Waals surface area contributed by atoms with Crippen molar-refractivity contribution in [3.8, 4) is 0 Å². The Hall–Kier alpha value is -1.89. The number of carbonyl (C=O) groups excluding carboxylic acids is 3. The molecule has 0 aliphatic heterocycles. The van der Waals surface area contributed by atoms with E-state index in [-0.39, 0.29) is 0 Å². The summed E-state index contributed by atoms with van der Waals surface area (Å²) in [6, 6.07) is 0. The number of hydrogen-bond acceptors (Lipinski definition) is 6. The molecule has 0 aromatic heterocycles. The monoisotopic (exact) mass is 245 g/mol. The van der Waals surface area contributed by atoms with E-state index in [2.05, 4.69) is 9.47 Å². The van der Waals surface area contributed by atoms with Gasteiger partial charge in [-0.25, -0.2) is 9.59 Å². The summed E-state index contributed by atoms with van der Waals surface area (Å²) < 4.78 is 8.79. The number of rotatable bonds is 5. The van der Waals surface area contributed by atoms with Crippen molar-refractivity contribution >= 4 is 17.8 Å². The van der Waals surface area contributed by atoms with Crippen molar-refractivity contribution in [3.05, 3.63) is 12.2 Å². The van der Waals surface area contributed by atoms with Crippen molar-refractivity contribution < 1.29 is 29.0 Å². The van der Waals surface area contributed by atoms with Crippen LogP contribution in [0.1, 0.15) is 0 Å². The summed E-state index contributed by atoms with van der Waals surface area (Å²) in [7, 11) is 4.09. The quantitative estimate of drug-likeness (QED) is 0.478. The largest absolute Gasteiger partial charge is 0.466 e. The smallest absolute Gasteiger partial charge is 0.331 e. The molecule has 0 aliphatic rings. The van der Waals surface area contributed by atoms with Gasteiger partial charge in [0.05, 0.1) is 7.11 Å². The lowest BCUT2D eigenvalue weighted by molar-refractivity contribution is -0.148. The van der Waals surface area contributed by atoms with Gasteiger partial charge in [-0.3, -0.25) is 4.79 Å². The van der Waals surface area contributed by atoms with Crippen molar-refractivity contribution in [1.29, 1.82) is 0 Å². The van der Waals surface area contributed by atoms with Crippen molar-refractivity contribution in [2.75, 3.05) is 27.8 Å². The maximum atomic E-state index is 11.2. The molecule has 0 saturated carbocycles. The van der Waals surface area contributed by atoms with Crippen molar-refractivity contribution in [1.82, 2.24) is 4.90 Å². The van der Waals surface area contributed by atoms with E-state index in [1.807, 2.05) is 0 Å². The van der Waals surface area contributed by atoms with E-state index in [0.29, 0.717) is 0 Å². The molecule has 7 nitrogen and oxygen atoms in total. The van der Waals surface area contributed by atoms with Crippen LogP contribution < -0.4 is 0 Å². The first-order chi connectivity index (χ1) is 7.88. The van der Waals surface area contributed by atoms with E-state index in [9.17, 15) is 19.5 Å². The number of aliphatic hydroxyl groups is 1. The molecular formula is C10H15NO6. The number of ether oxygens (including phenoxy) is 2. The molecule has 0 radical (unpaired) electrons. The summed E-state index contributed by atoms with van der Waals surface area (Å²) in [4.78, 5) is 34.0. The Morgan fingerprint density at radius 1 is 1.24 bits per heavy atom. The Morgan fingerprint density at radius 3 is 2.24 bits per heavy atom. The first kappa shape index (κ1) is 15.1. The number of likely N-dealkylation sites (N-methyl/N-ethyl adjacent to an activating group) is 1. The van der Waals surface area contributed by atoms with Gasteiger partial charge < -0.3 is 19.5 Å². The lowest BCUT2D eigenvalue weighted by Crippen LogP contribution is -2.37. The van der Waals surface area contributed by atoms with Gasteiger partial charge in [-0.05, 0) is 0 Å². The van der Waals surface area contributed by atoms with Crippen LogP contribution in [-0.2, 0) is 23.9 Å². The van der Waals surface area contributed by atoms with Crippen LogP contribution in [0.3, 0.4) is 0 Å². The van der Waals surface area contributed by atoms with E-state index in [1.165, 1.54) is 19.0 Å². The first-order valence-corrected chi connectivity index (χ1v) is 4.70. The first-order valence-electron chi connectivity index (χ1n) is 4.70. The van der Waals surface area contributed by atoms with Crippen molar-refractivity contribution in [3.63, 3.8) is 0 Å². The third-order valence-electron chi connectivity index (χ3n) is 1.67.